The van der Waals surface area contributed by atoms with Gasteiger partial charge in [0.1, 0.15) is 5.82 Å². The topological polar surface area (TPSA) is 59.8 Å². The van der Waals surface area contributed by atoms with E-state index >= 15 is 0 Å². The normalized spacial score (nSPS) is 13.9. The molecule has 7 nitrogen and oxygen atoms in total. The minimum atomic E-state index is -0.0348. The van der Waals surface area contributed by atoms with E-state index in [0.29, 0.717) is 24.3 Å². The van der Waals surface area contributed by atoms with Crippen molar-refractivity contribution < 1.29 is 0 Å². The van der Waals surface area contributed by atoms with Crippen LogP contribution in [-0.2, 0) is 13.1 Å². The number of rotatable bonds is 2. The smallest absolute Gasteiger partial charge is 0.279 e. The molecule has 3 aromatic rings. The lowest BCUT2D eigenvalue weighted by Gasteiger charge is -2.30. The summed E-state index contributed by atoms with van der Waals surface area (Å²) in [4.78, 5) is 22.7. The molecule has 0 fully saturated rings. The Balaban J connectivity index is 1.76. The molecule has 7 heteroatoms. The Labute approximate surface area is 145 Å². The van der Waals surface area contributed by atoms with Crippen molar-refractivity contribution in [2.75, 3.05) is 11.4 Å². The van der Waals surface area contributed by atoms with Crippen LogP contribution in [0.5, 0.6) is 0 Å². The van der Waals surface area contributed by atoms with Gasteiger partial charge in [0.15, 0.2) is 17.0 Å². The van der Waals surface area contributed by atoms with Gasteiger partial charge in [-0.15, -0.1) is 0 Å². The van der Waals surface area contributed by atoms with E-state index in [9.17, 15) is 4.79 Å². The van der Waals surface area contributed by atoms with E-state index in [2.05, 4.69) is 14.7 Å². The fourth-order valence-corrected chi connectivity index (χ4v) is 3.21. The molecule has 0 radical (unpaired) electrons. The van der Waals surface area contributed by atoms with Gasteiger partial charge in [0, 0.05) is 24.7 Å². The molecule has 0 aliphatic carbocycles. The molecule has 1 aliphatic rings. The fraction of sp³-hybridized carbons (Fsp3) is 0.333. The molecular formula is C18H18N6O. The fourth-order valence-electron chi connectivity index (χ4n) is 3.21. The summed E-state index contributed by atoms with van der Waals surface area (Å²) >= 11 is 0. The first-order valence-electron chi connectivity index (χ1n) is 8.28. The Kier molecular flexibility index (Phi) is 3.53. The highest BCUT2D eigenvalue weighted by Gasteiger charge is 2.22. The van der Waals surface area contributed by atoms with Gasteiger partial charge < -0.3 is 4.90 Å². The molecular weight excluding hydrogens is 316 g/mol. The molecule has 0 saturated heterocycles. The molecule has 126 valence electrons. The van der Waals surface area contributed by atoms with E-state index in [0.717, 1.165) is 23.9 Å². The molecule has 0 unspecified atom stereocenters. The van der Waals surface area contributed by atoms with E-state index in [1.54, 1.807) is 15.3 Å². The van der Waals surface area contributed by atoms with E-state index < -0.39 is 0 Å². The van der Waals surface area contributed by atoms with Crippen molar-refractivity contribution >= 4 is 16.9 Å². The van der Waals surface area contributed by atoms with Crippen LogP contribution < -0.4 is 10.5 Å². The van der Waals surface area contributed by atoms with Crippen LogP contribution in [0.2, 0.25) is 0 Å². The number of hydrogen-bond donors (Lipinski definition) is 0. The third kappa shape index (κ3) is 2.47. The van der Waals surface area contributed by atoms with Gasteiger partial charge in [0.05, 0.1) is 19.3 Å². The SMILES string of the molecule is [C-]#[N+]c1ccc(N2CCn3c(nn4c(C(C)C)ncc4c3=O)C2)cc1. The summed E-state index contributed by atoms with van der Waals surface area (Å²) in [6.07, 6.45) is 1.62. The summed E-state index contributed by atoms with van der Waals surface area (Å²) < 4.78 is 3.43. The lowest BCUT2D eigenvalue weighted by molar-refractivity contribution is 0.511. The van der Waals surface area contributed by atoms with Gasteiger partial charge >= 0.3 is 0 Å². The summed E-state index contributed by atoms with van der Waals surface area (Å²) in [5.41, 5.74) is 2.15. The molecule has 0 N–H and O–H groups in total. The van der Waals surface area contributed by atoms with E-state index in [1.807, 2.05) is 38.1 Å². The summed E-state index contributed by atoms with van der Waals surface area (Å²) in [7, 11) is 0. The van der Waals surface area contributed by atoms with Gasteiger partial charge in [-0.05, 0) is 12.1 Å². The van der Waals surface area contributed by atoms with Crippen LogP contribution in [0, 0.1) is 6.57 Å². The number of nitrogens with zero attached hydrogens (tertiary/aromatic N) is 6. The highest BCUT2D eigenvalue weighted by Crippen LogP contribution is 2.23. The van der Waals surface area contributed by atoms with Crippen LogP contribution in [0.3, 0.4) is 0 Å². The molecule has 0 saturated carbocycles. The number of fused-ring (bicyclic) bond motifs is 2. The van der Waals surface area contributed by atoms with Gasteiger partial charge in [-0.1, -0.05) is 26.0 Å². The molecule has 25 heavy (non-hydrogen) atoms. The van der Waals surface area contributed by atoms with Gasteiger partial charge in [-0.2, -0.15) is 5.10 Å². The first kappa shape index (κ1) is 15.4. The zero-order valence-corrected chi connectivity index (χ0v) is 14.2. The van der Waals surface area contributed by atoms with Crippen LogP contribution in [0.4, 0.5) is 11.4 Å². The van der Waals surface area contributed by atoms with Crippen LogP contribution in [0.1, 0.15) is 31.4 Å². The van der Waals surface area contributed by atoms with Gasteiger partial charge in [0.25, 0.3) is 5.56 Å². The van der Waals surface area contributed by atoms with Gasteiger partial charge in [-0.25, -0.2) is 14.3 Å². The predicted molar refractivity (Wildman–Crippen MR) is 95.1 cm³/mol. The second-order valence-electron chi connectivity index (χ2n) is 6.49. The molecule has 1 aromatic carbocycles. The highest BCUT2D eigenvalue weighted by molar-refractivity contribution is 5.56. The lowest BCUT2D eigenvalue weighted by atomic mass is 10.2. The number of aromatic nitrogens is 4. The minimum Gasteiger partial charge on any atom is -0.362 e. The summed E-state index contributed by atoms with van der Waals surface area (Å²) in [5, 5.41) is 4.69. The average molecular weight is 334 g/mol. The lowest BCUT2D eigenvalue weighted by Crippen LogP contribution is -2.41. The highest BCUT2D eigenvalue weighted by atomic mass is 16.1. The largest absolute Gasteiger partial charge is 0.362 e. The number of benzene rings is 1. The maximum absolute atomic E-state index is 12.7. The molecule has 4 rings (SSSR count). The van der Waals surface area contributed by atoms with Crippen molar-refractivity contribution in [2.24, 2.45) is 0 Å². The number of hydrogen-bond acceptors (Lipinski definition) is 4. The van der Waals surface area contributed by atoms with Crippen LogP contribution in [0.15, 0.2) is 35.3 Å². The predicted octanol–water partition coefficient (Wildman–Crippen LogP) is 2.59. The molecule has 0 atom stereocenters. The Hall–Kier alpha value is -3.14. The molecule has 2 aromatic heterocycles. The van der Waals surface area contributed by atoms with Crippen molar-refractivity contribution in [3.63, 3.8) is 0 Å². The standard InChI is InChI=1S/C18H18N6O/c1-12(2)17-20-10-15-18(25)23-9-8-22(11-16(23)21-24(15)17)14-6-4-13(19-3)5-7-14/h4-7,10,12H,8-9,11H2,1-2H3. The van der Waals surface area contributed by atoms with Crippen LogP contribution in [0.25, 0.3) is 10.4 Å². The zero-order valence-electron chi connectivity index (χ0n) is 14.2. The van der Waals surface area contributed by atoms with Gasteiger partial charge in [-0.3, -0.25) is 9.36 Å². The first-order chi connectivity index (χ1) is 12.1. The van der Waals surface area contributed by atoms with Crippen molar-refractivity contribution in [3.05, 3.63) is 63.9 Å². The van der Waals surface area contributed by atoms with Crippen molar-refractivity contribution in [1.29, 1.82) is 0 Å². The second kappa shape index (κ2) is 5.74. The third-order valence-corrected chi connectivity index (χ3v) is 4.54. The second-order valence-corrected chi connectivity index (χ2v) is 6.49. The van der Waals surface area contributed by atoms with E-state index in [4.69, 9.17) is 11.7 Å². The van der Waals surface area contributed by atoms with Crippen LogP contribution in [-0.4, -0.2) is 25.7 Å². The Morgan fingerprint density at radius 1 is 1.20 bits per heavy atom. The third-order valence-electron chi connectivity index (χ3n) is 4.54. The molecule has 0 amide bonds. The van der Waals surface area contributed by atoms with Crippen molar-refractivity contribution in [2.45, 2.75) is 32.9 Å². The van der Waals surface area contributed by atoms with Crippen molar-refractivity contribution in [1.82, 2.24) is 19.2 Å². The Morgan fingerprint density at radius 2 is 1.96 bits per heavy atom. The Morgan fingerprint density at radius 3 is 2.64 bits per heavy atom. The number of imidazole rings is 1. The van der Waals surface area contributed by atoms with Gasteiger partial charge in [0.2, 0.25) is 0 Å². The Bertz CT molecular complexity index is 1040. The summed E-state index contributed by atoms with van der Waals surface area (Å²) in [6, 6.07) is 7.51. The van der Waals surface area contributed by atoms with Crippen molar-refractivity contribution in [3.8, 4) is 0 Å². The average Bonchev–Trinajstić information content (AvgIpc) is 3.06. The van der Waals surface area contributed by atoms with Crippen LogP contribution >= 0.6 is 0 Å². The van der Waals surface area contributed by atoms with E-state index in [-0.39, 0.29) is 11.5 Å². The summed E-state index contributed by atoms with van der Waals surface area (Å²) in [6.45, 7) is 13.0. The first-order valence-corrected chi connectivity index (χ1v) is 8.28. The maximum atomic E-state index is 12.7. The molecule has 3 heterocycles. The quantitative estimate of drug-likeness (QED) is 0.676. The zero-order chi connectivity index (χ0) is 17.6. The minimum absolute atomic E-state index is 0.0348. The molecule has 0 spiro atoms. The monoisotopic (exact) mass is 334 g/mol. The summed E-state index contributed by atoms with van der Waals surface area (Å²) in [5.74, 6) is 1.73. The van der Waals surface area contributed by atoms with E-state index in [1.165, 1.54) is 0 Å². The number of anilines is 1. The molecule has 0 bridgehead atoms. The molecule has 1 aliphatic heterocycles. The maximum Gasteiger partial charge on any atom is 0.279 e.